The van der Waals surface area contributed by atoms with Gasteiger partial charge in [-0.2, -0.15) is 0 Å². The molecule has 0 bridgehead atoms. The van der Waals surface area contributed by atoms with Crippen LogP contribution in [0, 0.1) is 0 Å². The molecule has 0 aliphatic carbocycles. The summed E-state index contributed by atoms with van der Waals surface area (Å²) < 4.78 is 0. The van der Waals surface area contributed by atoms with Gasteiger partial charge >= 0.3 is 0 Å². The summed E-state index contributed by atoms with van der Waals surface area (Å²) >= 11 is 0. The summed E-state index contributed by atoms with van der Waals surface area (Å²) in [5.41, 5.74) is 4.63. The molecule has 0 saturated carbocycles. The average Bonchev–Trinajstić information content (AvgIpc) is 2.00. The molecule has 0 spiro atoms. The van der Waals surface area contributed by atoms with Crippen molar-refractivity contribution in [3.05, 3.63) is 0 Å². The molecule has 6 nitrogen and oxygen atoms in total. The predicted octanol–water partition coefficient (Wildman–Crippen LogP) is -3.06. The molecule has 4 atom stereocenters. The molecular weight excluding hydrogens is 166 g/mol. The first-order valence-electron chi connectivity index (χ1n) is 3.39. The van der Waals surface area contributed by atoms with Crippen molar-refractivity contribution < 1.29 is 25.2 Å². The van der Waals surface area contributed by atoms with Crippen LogP contribution in [0.1, 0.15) is 6.92 Å². The van der Waals surface area contributed by atoms with Crippen molar-refractivity contribution in [2.24, 2.45) is 5.73 Å². The Morgan fingerprint density at radius 2 is 1.58 bits per heavy atom. The summed E-state index contributed by atoms with van der Waals surface area (Å²) in [6, 6.07) is 0. The van der Waals surface area contributed by atoms with Crippen LogP contribution in [0.5, 0.6) is 0 Å². The van der Waals surface area contributed by atoms with Gasteiger partial charge < -0.3 is 26.2 Å². The monoisotopic (exact) mass is 179 g/mol. The van der Waals surface area contributed by atoms with Gasteiger partial charge in [0.1, 0.15) is 12.2 Å². The maximum Gasteiger partial charge on any atom is 0.249 e. The minimum Gasteiger partial charge on any atom is -0.391 e. The van der Waals surface area contributed by atoms with Crippen molar-refractivity contribution in [3.63, 3.8) is 0 Å². The third kappa shape index (κ3) is 2.74. The van der Waals surface area contributed by atoms with E-state index in [9.17, 15) is 4.79 Å². The largest absolute Gasteiger partial charge is 0.391 e. The molecule has 0 radical (unpaired) electrons. The number of carbonyl (C=O) groups is 1. The lowest BCUT2D eigenvalue weighted by Crippen LogP contribution is -2.48. The molecule has 6 heteroatoms. The third-order valence-corrected chi connectivity index (χ3v) is 1.46. The van der Waals surface area contributed by atoms with Crippen LogP contribution in [0.25, 0.3) is 0 Å². The SMILES string of the molecule is C[C@H](O)[C@H](O)[C@@H](O)[C@@H](O)C(N)=O. The minimum absolute atomic E-state index is 1.15. The number of aliphatic hydroxyl groups excluding tert-OH is 4. The van der Waals surface area contributed by atoms with Crippen molar-refractivity contribution in [2.45, 2.75) is 31.3 Å². The molecule has 0 aromatic carbocycles. The summed E-state index contributed by atoms with van der Waals surface area (Å²) in [6.45, 7) is 1.21. The van der Waals surface area contributed by atoms with Crippen molar-refractivity contribution in [1.29, 1.82) is 0 Å². The van der Waals surface area contributed by atoms with E-state index >= 15 is 0 Å². The highest BCUT2D eigenvalue weighted by Crippen LogP contribution is 2.03. The summed E-state index contributed by atoms with van der Waals surface area (Å²) in [6.07, 6.45) is -6.46. The number of carbonyl (C=O) groups excluding carboxylic acids is 1. The zero-order valence-electron chi connectivity index (χ0n) is 6.58. The van der Waals surface area contributed by atoms with Crippen LogP contribution in [-0.2, 0) is 4.79 Å². The molecule has 0 aliphatic heterocycles. The van der Waals surface area contributed by atoms with Crippen LogP contribution in [0.15, 0.2) is 0 Å². The van der Waals surface area contributed by atoms with E-state index in [2.05, 4.69) is 5.73 Å². The van der Waals surface area contributed by atoms with Gasteiger partial charge in [0, 0.05) is 0 Å². The number of primary amides is 1. The van der Waals surface area contributed by atoms with Crippen LogP contribution >= 0.6 is 0 Å². The molecule has 0 heterocycles. The number of amides is 1. The zero-order chi connectivity index (χ0) is 9.89. The zero-order valence-corrected chi connectivity index (χ0v) is 6.58. The van der Waals surface area contributed by atoms with Gasteiger partial charge in [0.25, 0.3) is 0 Å². The van der Waals surface area contributed by atoms with E-state index in [1.54, 1.807) is 0 Å². The summed E-state index contributed by atoms with van der Waals surface area (Å²) in [5.74, 6) is -1.15. The molecule has 6 N–H and O–H groups in total. The predicted molar refractivity (Wildman–Crippen MR) is 38.9 cm³/mol. The lowest BCUT2D eigenvalue weighted by Gasteiger charge is -2.22. The normalized spacial score (nSPS) is 21.1. The highest BCUT2D eigenvalue weighted by atomic mass is 16.4. The summed E-state index contributed by atoms with van der Waals surface area (Å²) in [7, 11) is 0. The van der Waals surface area contributed by atoms with Gasteiger partial charge in [0.05, 0.1) is 6.10 Å². The topological polar surface area (TPSA) is 124 Å². The first kappa shape index (κ1) is 11.3. The fourth-order valence-corrected chi connectivity index (χ4v) is 0.640. The van der Waals surface area contributed by atoms with Gasteiger partial charge in [-0.05, 0) is 6.92 Å². The van der Waals surface area contributed by atoms with Gasteiger partial charge in [-0.15, -0.1) is 0 Å². The van der Waals surface area contributed by atoms with Gasteiger partial charge in [-0.1, -0.05) is 0 Å². The second-order valence-corrected chi connectivity index (χ2v) is 2.57. The van der Waals surface area contributed by atoms with E-state index in [1.807, 2.05) is 0 Å². The molecule has 0 aliphatic rings. The first-order valence-corrected chi connectivity index (χ1v) is 3.39. The third-order valence-electron chi connectivity index (χ3n) is 1.46. The van der Waals surface area contributed by atoms with Crippen LogP contribution in [0.4, 0.5) is 0 Å². The number of rotatable bonds is 4. The van der Waals surface area contributed by atoms with E-state index in [1.165, 1.54) is 6.92 Å². The van der Waals surface area contributed by atoms with E-state index < -0.39 is 30.3 Å². The molecule has 0 unspecified atom stereocenters. The van der Waals surface area contributed by atoms with E-state index in [4.69, 9.17) is 20.4 Å². The Morgan fingerprint density at radius 1 is 1.17 bits per heavy atom. The van der Waals surface area contributed by atoms with E-state index in [0.29, 0.717) is 0 Å². The fraction of sp³-hybridized carbons (Fsp3) is 0.833. The number of hydrogen-bond donors (Lipinski definition) is 5. The van der Waals surface area contributed by atoms with Gasteiger partial charge in [0.15, 0.2) is 6.10 Å². The highest BCUT2D eigenvalue weighted by Gasteiger charge is 2.31. The molecular formula is C6H13NO5. The Kier molecular flexibility index (Phi) is 4.11. The molecule has 0 aromatic rings. The Morgan fingerprint density at radius 3 is 1.83 bits per heavy atom. The maximum absolute atomic E-state index is 10.3. The number of hydrogen-bond acceptors (Lipinski definition) is 5. The molecule has 0 aromatic heterocycles. The molecule has 1 amide bonds. The highest BCUT2D eigenvalue weighted by molar-refractivity contribution is 5.79. The second-order valence-electron chi connectivity index (χ2n) is 2.57. The Bertz CT molecular complexity index is 160. The van der Waals surface area contributed by atoms with Gasteiger partial charge in [-0.3, -0.25) is 4.79 Å². The van der Waals surface area contributed by atoms with Crippen LogP contribution in [-0.4, -0.2) is 50.7 Å². The molecule has 72 valence electrons. The smallest absolute Gasteiger partial charge is 0.249 e. The summed E-state index contributed by atoms with van der Waals surface area (Å²) in [5, 5.41) is 35.5. The first-order chi connectivity index (χ1) is 5.37. The Balaban J connectivity index is 4.18. The maximum atomic E-state index is 10.3. The van der Waals surface area contributed by atoms with Crippen molar-refractivity contribution >= 4 is 5.91 Å². The lowest BCUT2D eigenvalue weighted by molar-refractivity contribution is -0.142. The standard InChI is InChI=1S/C6H13NO5/c1-2(8)3(9)4(10)5(11)6(7)12/h2-5,8-11H,1H3,(H2,7,12)/t2-,3-,4+,5+/m0/s1. The van der Waals surface area contributed by atoms with Crippen molar-refractivity contribution in [1.82, 2.24) is 0 Å². The van der Waals surface area contributed by atoms with E-state index in [-0.39, 0.29) is 0 Å². The van der Waals surface area contributed by atoms with E-state index in [0.717, 1.165) is 0 Å². The van der Waals surface area contributed by atoms with Crippen LogP contribution in [0.2, 0.25) is 0 Å². The number of aliphatic hydroxyl groups is 4. The van der Waals surface area contributed by atoms with Gasteiger partial charge in [0.2, 0.25) is 5.91 Å². The molecule has 0 fully saturated rings. The molecule has 0 rings (SSSR count). The second kappa shape index (κ2) is 4.36. The Hall–Kier alpha value is -0.690. The van der Waals surface area contributed by atoms with Crippen LogP contribution < -0.4 is 5.73 Å². The molecule has 0 saturated heterocycles. The number of nitrogens with two attached hydrogens (primary N) is 1. The fourth-order valence-electron chi connectivity index (χ4n) is 0.640. The minimum atomic E-state index is -1.87. The average molecular weight is 179 g/mol. The quantitative estimate of drug-likeness (QED) is 0.313. The Labute approximate surface area is 69.2 Å². The lowest BCUT2D eigenvalue weighted by atomic mass is 10.0. The van der Waals surface area contributed by atoms with Crippen molar-refractivity contribution in [2.75, 3.05) is 0 Å². The van der Waals surface area contributed by atoms with Crippen LogP contribution in [0.3, 0.4) is 0 Å². The summed E-state index contributed by atoms with van der Waals surface area (Å²) in [4.78, 5) is 10.3. The van der Waals surface area contributed by atoms with Gasteiger partial charge in [-0.25, -0.2) is 0 Å². The molecule has 12 heavy (non-hydrogen) atoms. The van der Waals surface area contributed by atoms with Crippen molar-refractivity contribution in [3.8, 4) is 0 Å².